The lowest BCUT2D eigenvalue weighted by atomic mass is 9.98. The second kappa shape index (κ2) is 6.51. The summed E-state index contributed by atoms with van der Waals surface area (Å²) >= 11 is 6.08. The molecule has 26 heavy (non-hydrogen) atoms. The smallest absolute Gasteiger partial charge is 0.266 e. The number of rotatable bonds is 2. The normalized spacial score (nSPS) is 10.6. The van der Waals surface area contributed by atoms with Crippen LogP contribution in [-0.2, 0) is 0 Å². The maximum Gasteiger partial charge on any atom is 0.266 e. The van der Waals surface area contributed by atoms with Gasteiger partial charge in [0.25, 0.3) is 5.56 Å². The molecule has 0 radical (unpaired) electrons. The van der Waals surface area contributed by atoms with Crippen molar-refractivity contribution in [2.45, 2.75) is 0 Å². The number of nitriles is 1. The topological polar surface area (TPSA) is 56.6 Å². The fourth-order valence-electron chi connectivity index (χ4n) is 3.07. The van der Waals surface area contributed by atoms with Gasteiger partial charge in [0.1, 0.15) is 11.6 Å². The molecule has 0 fully saturated rings. The third-order valence-corrected chi connectivity index (χ3v) is 4.58. The minimum absolute atomic E-state index is 0.0804. The molecular weight excluding hydrogens is 344 g/mol. The van der Waals surface area contributed by atoms with Crippen LogP contribution in [0.4, 0.5) is 0 Å². The molecule has 0 atom stereocenters. The zero-order valence-electron chi connectivity index (χ0n) is 13.7. The standard InChI is InChI=1S/C22H13ClN2O/c23-18-7-3-6-16(11-18)19-12-21(25-22(26)20(19)13-24)17-9-8-14-4-1-2-5-15(14)10-17/h1-12H,(H,25,26). The van der Waals surface area contributed by atoms with Gasteiger partial charge in [-0.1, -0.05) is 60.1 Å². The maximum atomic E-state index is 12.5. The summed E-state index contributed by atoms with van der Waals surface area (Å²) in [6.45, 7) is 0. The first-order valence-corrected chi connectivity index (χ1v) is 8.46. The lowest BCUT2D eigenvalue weighted by Gasteiger charge is -2.09. The molecule has 0 aliphatic rings. The molecule has 3 aromatic carbocycles. The van der Waals surface area contributed by atoms with E-state index >= 15 is 0 Å². The summed E-state index contributed by atoms with van der Waals surface area (Å²) in [5.41, 5.74) is 2.53. The molecule has 4 aromatic rings. The highest BCUT2D eigenvalue weighted by atomic mass is 35.5. The predicted octanol–water partition coefficient (Wildman–Crippen LogP) is 5.39. The summed E-state index contributed by atoms with van der Waals surface area (Å²) in [7, 11) is 0. The van der Waals surface area contributed by atoms with Crippen LogP contribution >= 0.6 is 11.6 Å². The van der Waals surface area contributed by atoms with Crippen LogP contribution in [0.1, 0.15) is 5.56 Å². The van der Waals surface area contributed by atoms with Gasteiger partial charge in [-0.25, -0.2) is 0 Å². The van der Waals surface area contributed by atoms with E-state index in [4.69, 9.17) is 11.6 Å². The van der Waals surface area contributed by atoms with Crippen LogP contribution in [0.3, 0.4) is 0 Å². The molecule has 1 aromatic heterocycles. The average molecular weight is 357 g/mol. The van der Waals surface area contributed by atoms with E-state index in [0.717, 1.165) is 21.9 Å². The second-order valence-corrected chi connectivity index (χ2v) is 6.42. The number of hydrogen-bond acceptors (Lipinski definition) is 2. The maximum absolute atomic E-state index is 12.5. The Balaban J connectivity index is 1.95. The monoisotopic (exact) mass is 356 g/mol. The van der Waals surface area contributed by atoms with Crippen LogP contribution in [0.5, 0.6) is 0 Å². The Hall–Kier alpha value is -3.35. The molecule has 0 saturated heterocycles. The number of benzene rings is 3. The van der Waals surface area contributed by atoms with Gasteiger partial charge in [-0.15, -0.1) is 0 Å². The molecule has 0 saturated carbocycles. The van der Waals surface area contributed by atoms with Crippen LogP contribution in [0, 0.1) is 11.3 Å². The van der Waals surface area contributed by atoms with Gasteiger partial charge < -0.3 is 4.98 Å². The fraction of sp³-hybridized carbons (Fsp3) is 0. The molecule has 0 bridgehead atoms. The van der Waals surface area contributed by atoms with Gasteiger partial charge in [0.05, 0.1) is 0 Å². The number of H-pyrrole nitrogens is 1. The molecule has 4 heteroatoms. The van der Waals surface area contributed by atoms with Gasteiger partial charge in [-0.2, -0.15) is 5.26 Å². The molecule has 1 heterocycles. The highest BCUT2D eigenvalue weighted by Crippen LogP contribution is 2.29. The molecule has 4 rings (SSSR count). The number of nitrogens with one attached hydrogen (secondary N) is 1. The zero-order chi connectivity index (χ0) is 18.1. The Morgan fingerprint density at radius 1 is 0.846 bits per heavy atom. The molecule has 0 amide bonds. The lowest BCUT2D eigenvalue weighted by Crippen LogP contribution is -2.12. The Morgan fingerprint density at radius 2 is 1.65 bits per heavy atom. The Bertz CT molecular complexity index is 1230. The number of nitrogens with zero attached hydrogens (tertiary/aromatic N) is 1. The van der Waals surface area contributed by atoms with Crippen molar-refractivity contribution < 1.29 is 0 Å². The molecule has 3 nitrogen and oxygen atoms in total. The van der Waals surface area contributed by atoms with E-state index in [9.17, 15) is 10.1 Å². The van der Waals surface area contributed by atoms with E-state index in [0.29, 0.717) is 16.3 Å². The molecule has 0 aliphatic carbocycles. The largest absolute Gasteiger partial charge is 0.321 e. The van der Waals surface area contributed by atoms with E-state index in [-0.39, 0.29) is 5.56 Å². The van der Waals surface area contributed by atoms with Crippen LogP contribution in [-0.4, -0.2) is 4.98 Å². The summed E-state index contributed by atoms with van der Waals surface area (Å²) in [6, 6.07) is 25.0. The number of aromatic nitrogens is 1. The summed E-state index contributed by atoms with van der Waals surface area (Å²) in [6.07, 6.45) is 0. The van der Waals surface area contributed by atoms with Gasteiger partial charge in [-0.3, -0.25) is 4.79 Å². The molecular formula is C22H13ClN2O. The Kier molecular flexibility index (Phi) is 4.04. The lowest BCUT2D eigenvalue weighted by molar-refractivity contribution is 1.22. The number of fused-ring (bicyclic) bond motifs is 1. The van der Waals surface area contributed by atoms with Crippen LogP contribution in [0.2, 0.25) is 5.02 Å². The van der Waals surface area contributed by atoms with Crippen molar-refractivity contribution in [3.8, 4) is 28.5 Å². The first kappa shape index (κ1) is 16.1. The number of halogens is 1. The average Bonchev–Trinajstić information content (AvgIpc) is 2.67. The third kappa shape index (κ3) is 2.88. The van der Waals surface area contributed by atoms with E-state index in [1.807, 2.05) is 60.7 Å². The second-order valence-electron chi connectivity index (χ2n) is 5.98. The first-order valence-electron chi connectivity index (χ1n) is 8.08. The quantitative estimate of drug-likeness (QED) is 0.523. The van der Waals surface area contributed by atoms with Gasteiger partial charge in [0.2, 0.25) is 0 Å². The summed E-state index contributed by atoms with van der Waals surface area (Å²) in [5, 5.41) is 12.2. The Morgan fingerprint density at radius 3 is 2.42 bits per heavy atom. The summed E-state index contributed by atoms with van der Waals surface area (Å²) in [4.78, 5) is 15.3. The van der Waals surface area contributed by atoms with Gasteiger partial charge in [0, 0.05) is 16.3 Å². The van der Waals surface area contributed by atoms with Crippen molar-refractivity contribution in [2.75, 3.05) is 0 Å². The minimum atomic E-state index is -0.409. The molecule has 0 aliphatic heterocycles. The van der Waals surface area contributed by atoms with Crippen molar-refractivity contribution in [1.29, 1.82) is 5.26 Å². The molecule has 1 N–H and O–H groups in total. The number of aromatic amines is 1. The van der Waals surface area contributed by atoms with E-state index in [1.54, 1.807) is 18.2 Å². The minimum Gasteiger partial charge on any atom is -0.321 e. The first-order chi connectivity index (χ1) is 12.7. The van der Waals surface area contributed by atoms with Crippen molar-refractivity contribution in [3.05, 3.63) is 93.7 Å². The number of pyridine rings is 1. The molecule has 124 valence electrons. The third-order valence-electron chi connectivity index (χ3n) is 4.34. The van der Waals surface area contributed by atoms with E-state index in [2.05, 4.69) is 4.98 Å². The van der Waals surface area contributed by atoms with E-state index < -0.39 is 5.56 Å². The zero-order valence-corrected chi connectivity index (χ0v) is 14.4. The molecule has 0 unspecified atom stereocenters. The SMILES string of the molecule is N#Cc1c(-c2cccc(Cl)c2)cc(-c2ccc3ccccc3c2)[nH]c1=O. The van der Waals surface area contributed by atoms with Gasteiger partial charge in [0.15, 0.2) is 0 Å². The molecule has 0 spiro atoms. The van der Waals surface area contributed by atoms with Gasteiger partial charge in [-0.05, 0) is 46.2 Å². The summed E-state index contributed by atoms with van der Waals surface area (Å²) < 4.78 is 0. The van der Waals surface area contributed by atoms with Crippen molar-refractivity contribution in [3.63, 3.8) is 0 Å². The van der Waals surface area contributed by atoms with Crippen LogP contribution < -0.4 is 5.56 Å². The van der Waals surface area contributed by atoms with Crippen LogP contribution in [0.15, 0.2) is 77.6 Å². The number of hydrogen-bond donors (Lipinski definition) is 1. The highest BCUT2D eigenvalue weighted by molar-refractivity contribution is 6.30. The van der Waals surface area contributed by atoms with Crippen molar-refractivity contribution >= 4 is 22.4 Å². The summed E-state index contributed by atoms with van der Waals surface area (Å²) in [5.74, 6) is 0. The van der Waals surface area contributed by atoms with Gasteiger partial charge >= 0.3 is 0 Å². The van der Waals surface area contributed by atoms with Crippen molar-refractivity contribution in [2.24, 2.45) is 0 Å². The highest BCUT2D eigenvalue weighted by Gasteiger charge is 2.13. The van der Waals surface area contributed by atoms with Crippen LogP contribution in [0.25, 0.3) is 33.2 Å². The Labute approximate surface area is 155 Å². The van der Waals surface area contributed by atoms with Crippen molar-refractivity contribution in [1.82, 2.24) is 4.98 Å². The van der Waals surface area contributed by atoms with E-state index in [1.165, 1.54) is 0 Å². The predicted molar refractivity (Wildman–Crippen MR) is 105 cm³/mol. The fourth-order valence-corrected chi connectivity index (χ4v) is 3.26.